The van der Waals surface area contributed by atoms with Gasteiger partial charge in [0.15, 0.2) is 0 Å². The van der Waals surface area contributed by atoms with E-state index in [0.717, 1.165) is 5.69 Å². The molecular formula is C12H16N2O. The monoisotopic (exact) mass is 204 g/mol. The topological polar surface area (TPSA) is 56.0 Å². The van der Waals surface area contributed by atoms with Gasteiger partial charge in [0.05, 0.1) is 17.4 Å². The minimum Gasteiger partial charge on any atom is -0.391 e. The summed E-state index contributed by atoms with van der Waals surface area (Å²) in [7, 11) is 0. The second kappa shape index (κ2) is 5.38. The first-order valence-corrected chi connectivity index (χ1v) is 5.06. The molecule has 0 fully saturated rings. The molecule has 1 aromatic carbocycles. The van der Waals surface area contributed by atoms with Crippen LogP contribution >= 0.6 is 0 Å². The molecule has 15 heavy (non-hydrogen) atoms. The Labute approximate surface area is 90.4 Å². The van der Waals surface area contributed by atoms with Crippen LogP contribution < -0.4 is 5.32 Å². The summed E-state index contributed by atoms with van der Waals surface area (Å²) in [5, 5.41) is 21.5. The lowest BCUT2D eigenvalue weighted by Gasteiger charge is -2.16. The highest BCUT2D eigenvalue weighted by Gasteiger charge is 2.09. The fraction of sp³-hybridized carbons (Fsp3) is 0.417. The number of hydrogen-bond acceptors (Lipinski definition) is 3. The number of anilines is 1. The predicted octanol–water partition coefficient (Wildman–Crippen LogP) is 1.99. The summed E-state index contributed by atoms with van der Waals surface area (Å²) in [5.74, 6) is 0.215. The average Bonchev–Trinajstić information content (AvgIpc) is 2.26. The Kier molecular flexibility index (Phi) is 4.14. The summed E-state index contributed by atoms with van der Waals surface area (Å²) < 4.78 is 0. The van der Waals surface area contributed by atoms with E-state index in [-0.39, 0.29) is 5.92 Å². The van der Waals surface area contributed by atoms with Crippen molar-refractivity contribution in [2.24, 2.45) is 5.92 Å². The van der Waals surface area contributed by atoms with Gasteiger partial charge in [-0.3, -0.25) is 0 Å². The van der Waals surface area contributed by atoms with Crippen LogP contribution in [0, 0.1) is 17.2 Å². The number of nitrogens with one attached hydrogen (secondary N) is 1. The van der Waals surface area contributed by atoms with Gasteiger partial charge in [-0.1, -0.05) is 26.0 Å². The van der Waals surface area contributed by atoms with Gasteiger partial charge in [0, 0.05) is 6.54 Å². The molecule has 1 rings (SSSR count). The van der Waals surface area contributed by atoms with E-state index in [0.29, 0.717) is 12.1 Å². The first kappa shape index (κ1) is 11.5. The minimum absolute atomic E-state index is 0.215. The molecule has 80 valence electrons. The standard InChI is InChI=1S/C12H16N2O/c1-9(2)12(15)8-14-11-6-4-3-5-10(11)7-13/h3-6,9,12,14-15H,8H2,1-2H3. The molecule has 2 N–H and O–H groups in total. The molecule has 1 aromatic rings. The van der Waals surface area contributed by atoms with Crippen molar-refractivity contribution >= 4 is 5.69 Å². The summed E-state index contributed by atoms with van der Waals surface area (Å²) >= 11 is 0. The average molecular weight is 204 g/mol. The smallest absolute Gasteiger partial charge is 0.101 e. The zero-order valence-corrected chi connectivity index (χ0v) is 9.07. The van der Waals surface area contributed by atoms with Gasteiger partial charge in [-0.2, -0.15) is 5.26 Å². The third kappa shape index (κ3) is 3.26. The van der Waals surface area contributed by atoms with Crippen molar-refractivity contribution in [3.8, 4) is 6.07 Å². The summed E-state index contributed by atoms with van der Waals surface area (Å²) in [6.45, 7) is 4.39. The molecule has 0 saturated heterocycles. The Bertz CT molecular complexity index is 355. The molecule has 0 bridgehead atoms. The number of nitriles is 1. The molecule has 0 amide bonds. The molecule has 0 aliphatic rings. The Morgan fingerprint density at radius 1 is 1.40 bits per heavy atom. The van der Waals surface area contributed by atoms with Gasteiger partial charge in [-0.25, -0.2) is 0 Å². The SMILES string of the molecule is CC(C)C(O)CNc1ccccc1C#N. The summed E-state index contributed by atoms with van der Waals surface area (Å²) in [4.78, 5) is 0. The van der Waals surface area contributed by atoms with Crippen LogP contribution in [-0.2, 0) is 0 Å². The lowest BCUT2D eigenvalue weighted by molar-refractivity contribution is 0.138. The quantitative estimate of drug-likeness (QED) is 0.788. The molecular weight excluding hydrogens is 188 g/mol. The number of hydrogen-bond donors (Lipinski definition) is 2. The van der Waals surface area contributed by atoms with Crippen molar-refractivity contribution in [2.75, 3.05) is 11.9 Å². The van der Waals surface area contributed by atoms with E-state index in [1.54, 1.807) is 6.07 Å². The Morgan fingerprint density at radius 2 is 2.07 bits per heavy atom. The zero-order chi connectivity index (χ0) is 11.3. The number of aliphatic hydroxyl groups excluding tert-OH is 1. The van der Waals surface area contributed by atoms with Gasteiger partial charge in [-0.15, -0.1) is 0 Å². The van der Waals surface area contributed by atoms with E-state index in [1.165, 1.54) is 0 Å². The third-order valence-electron chi connectivity index (χ3n) is 2.32. The van der Waals surface area contributed by atoms with Gasteiger partial charge in [0.25, 0.3) is 0 Å². The highest BCUT2D eigenvalue weighted by atomic mass is 16.3. The molecule has 0 aliphatic heterocycles. The van der Waals surface area contributed by atoms with Crippen LogP contribution in [0.5, 0.6) is 0 Å². The van der Waals surface area contributed by atoms with Gasteiger partial charge in [0.1, 0.15) is 6.07 Å². The number of aliphatic hydroxyl groups is 1. The Balaban J connectivity index is 2.62. The van der Waals surface area contributed by atoms with Crippen molar-refractivity contribution in [3.63, 3.8) is 0 Å². The molecule has 0 heterocycles. The van der Waals surface area contributed by atoms with Gasteiger partial charge < -0.3 is 10.4 Å². The maximum Gasteiger partial charge on any atom is 0.101 e. The zero-order valence-electron chi connectivity index (χ0n) is 9.07. The van der Waals surface area contributed by atoms with E-state index in [2.05, 4.69) is 11.4 Å². The van der Waals surface area contributed by atoms with Gasteiger partial charge >= 0.3 is 0 Å². The second-order valence-electron chi connectivity index (χ2n) is 3.85. The van der Waals surface area contributed by atoms with Crippen LogP contribution in [0.4, 0.5) is 5.69 Å². The molecule has 3 nitrogen and oxygen atoms in total. The molecule has 1 atom stereocenters. The van der Waals surface area contributed by atoms with Crippen molar-refractivity contribution in [2.45, 2.75) is 20.0 Å². The van der Waals surface area contributed by atoms with E-state index in [4.69, 9.17) is 5.26 Å². The Morgan fingerprint density at radius 3 is 2.67 bits per heavy atom. The predicted molar refractivity (Wildman–Crippen MR) is 60.5 cm³/mol. The molecule has 0 spiro atoms. The molecule has 0 aliphatic carbocycles. The van der Waals surface area contributed by atoms with Crippen molar-refractivity contribution < 1.29 is 5.11 Å². The van der Waals surface area contributed by atoms with E-state index < -0.39 is 6.10 Å². The van der Waals surface area contributed by atoms with Crippen molar-refractivity contribution in [3.05, 3.63) is 29.8 Å². The second-order valence-corrected chi connectivity index (χ2v) is 3.85. The number of rotatable bonds is 4. The molecule has 3 heteroatoms. The van der Waals surface area contributed by atoms with Crippen LogP contribution in [0.15, 0.2) is 24.3 Å². The maximum atomic E-state index is 9.61. The fourth-order valence-electron chi connectivity index (χ4n) is 1.18. The summed E-state index contributed by atoms with van der Waals surface area (Å²) in [6, 6.07) is 9.39. The molecule has 0 aromatic heterocycles. The number of benzene rings is 1. The van der Waals surface area contributed by atoms with Crippen LogP contribution in [0.25, 0.3) is 0 Å². The lowest BCUT2D eigenvalue weighted by Crippen LogP contribution is -2.24. The summed E-state index contributed by atoms with van der Waals surface area (Å²) in [6.07, 6.45) is -0.392. The maximum absolute atomic E-state index is 9.61. The summed E-state index contributed by atoms with van der Waals surface area (Å²) in [5.41, 5.74) is 1.38. The molecule has 0 saturated carbocycles. The van der Waals surface area contributed by atoms with E-state index in [9.17, 15) is 5.11 Å². The lowest BCUT2D eigenvalue weighted by atomic mass is 10.1. The van der Waals surface area contributed by atoms with Gasteiger partial charge in [-0.05, 0) is 18.1 Å². The minimum atomic E-state index is -0.392. The van der Waals surface area contributed by atoms with Crippen LogP contribution in [0.2, 0.25) is 0 Å². The third-order valence-corrected chi connectivity index (χ3v) is 2.32. The van der Waals surface area contributed by atoms with Crippen molar-refractivity contribution in [1.82, 2.24) is 0 Å². The molecule has 0 radical (unpaired) electrons. The van der Waals surface area contributed by atoms with Crippen LogP contribution in [0.1, 0.15) is 19.4 Å². The first-order valence-electron chi connectivity index (χ1n) is 5.06. The fourth-order valence-corrected chi connectivity index (χ4v) is 1.18. The Hall–Kier alpha value is -1.53. The highest BCUT2D eigenvalue weighted by Crippen LogP contribution is 2.14. The normalized spacial score (nSPS) is 12.2. The van der Waals surface area contributed by atoms with E-state index >= 15 is 0 Å². The molecule has 1 unspecified atom stereocenters. The largest absolute Gasteiger partial charge is 0.391 e. The van der Waals surface area contributed by atoms with E-state index in [1.807, 2.05) is 32.0 Å². The highest BCUT2D eigenvalue weighted by molar-refractivity contribution is 5.57. The van der Waals surface area contributed by atoms with Gasteiger partial charge in [0.2, 0.25) is 0 Å². The number of nitrogens with zero attached hydrogens (tertiary/aromatic N) is 1. The van der Waals surface area contributed by atoms with Crippen LogP contribution in [-0.4, -0.2) is 17.8 Å². The number of para-hydroxylation sites is 1. The van der Waals surface area contributed by atoms with Crippen molar-refractivity contribution in [1.29, 1.82) is 5.26 Å². The first-order chi connectivity index (χ1) is 7.15. The van der Waals surface area contributed by atoms with Crippen LogP contribution in [0.3, 0.4) is 0 Å².